The summed E-state index contributed by atoms with van der Waals surface area (Å²) in [5, 5.41) is 0. The van der Waals surface area contributed by atoms with E-state index in [0.717, 1.165) is 19.4 Å². The van der Waals surface area contributed by atoms with Crippen LogP contribution in [0.3, 0.4) is 0 Å². The summed E-state index contributed by atoms with van der Waals surface area (Å²) < 4.78 is 0. The van der Waals surface area contributed by atoms with Gasteiger partial charge in [-0.2, -0.15) is 0 Å². The van der Waals surface area contributed by atoms with Crippen molar-refractivity contribution in [2.24, 2.45) is 17.6 Å². The van der Waals surface area contributed by atoms with E-state index in [1.807, 2.05) is 11.9 Å². The molecule has 0 aromatic rings. The van der Waals surface area contributed by atoms with E-state index in [1.54, 1.807) is 0 Å². The number of halogens is 1. The van der Waals surface area contributed by atoms with Gasteiger partial charge < -0.3 is 10.6 Å². The lowest BCUT2D eigenvalue weighted by Crippen LogP contribution is -2.34. The number of carbonyl (C=O) groups excluding carboxylic acids is 1. The molecule has 1 aliphatic rings. The van der Waals surface area contributed by atoms with E-state index in [4.69, 9.17) is 5.73 Å². The Labute approximate surface area is 105 Å². The Morgan fingerprint density at radius 3 is 2.44 bits per heavy atom. The molecule has 0 aliphatic heterocycles. The molecule has 3 nitrogen and oxygen atoms in total. The maximum atomic E-state index is 11.7. The Bertz CT molecular complexity index is 217. The number of rotatable bonds is 6. The standard InChI is InChI=1S/C12H24N2O.ClH/c1-9(2)11(13)6-7-14(3)12(15)8-10-4-5-10;/h9-11H,4-8,13H2,1-3H3;1H. The fraction of sp³-hybridized carbons (Fsp3) is 0.917. The van der Waals surface area contributed by atoms with E-state index < -0.39 is 0 Å². The van der Waals surface area contributed by atoms with Crippen molar-refractivity contribution >= 4 is 18.3 Å². The molecule has 4 heteroatoms. The van der Waals surface area contributed by atoms with Crippen molar-refractivity contribution in [2.45, 2.75) is 45.6 Å². The summed E-state index contributed by atoms with van der Waals surface area (Å²) in [6.07, 6.45) is 4.13. The second-order valence-electron chi connectivity index (χ2n) is 5.16. The summed E-state index contributed by atoms with van der Waals surface area (Å²) in [6, 6.07) is 0.209. The molecule has 1 aliphatic carbocycles. The lowest BCUT2D eigenvalue weighted by molar-refractivity contribution is -0.130. The first-order valence-corrected chi connectivity index (χ1v) is 6.00. The number of nitrogens with two attached hydrogens (primary N) is 1. The Balaban J connectivity index is 0.00000225. The summed E-state index contributed by atoms with van der Waals surface area (Å²) in [5.74, 6) is 1.46. The van der Waals surface area contributed by atoms with Crippen LogP contribution in [0, 0.1) is 11.8 Å². The van der Waals surface area contributed by atoms with Crippen molar-refractivity contribution in [3.8, 4) is 0 Å². The third kappa shape index (κ3) is 5.71. The molecule has 1 atom stereocenters. The predicted octanol–water partition coefficient (Wildman–Crippen LogP) is 2.04. The van der Waals surface area contributed by atoms with E-state index in [2.05, 4.69) is 13.8 Å². The number of hydrogen-bond donors (Lipinski definition) is 1. The molecule has 16 heavy (non-hydrogen) atoms. The first kappa shape index (κ1) is 15.7. The van der Waals surface area contributed by atoms with Crippen molar-refractivity contribution in [2.75, 3.05) is 13.6 Å². The second-order valence-corrected chi connectivity index (χ2v) is 5.16. The smallest absolute Gasteiger partial charge is 0.222 e. The first-order valence-electron chi connectivity index (χ1n) is 6.00. The van der Waals surface area contributed by atoms with E-state index in [0.29, 0.717) is 11.8 Å². The van der Waals surface area contributed by atoms with Crippen molar-refractivity contribution in [1.29, 1.82) is 0 Å². The van der Waals surface area contributed by atoms with Crippen LogP contribution in [0.1, 0.15) is 39.5 Å². The van der Waals surface area contributed by atoms with Crippen molar-refractivity contribution in [1.82, 2.24) is 4.90 Å². The van der Waals surface area contributed by atoms with Gasteiger partial charge in [-0.25, -0.2) is 0 Å². The van der Waals surface area contributed by atoms with Gasteiger partial charge in [0.05, 0.1) is 0 Å². The number of nitrogens with zero attached hydrogens (tertiary/aromatic N) is 1. The van der Waals surface area contributed by atoms with Gasteiger partial charge in [0.1, 0.15) is 0 Å². The zero-order valence-electron chi connectivity index (χ0n) is 10.6. The zero-order chi connectivity index (χ0) is 11.4. The Hall–Kier alpha value is -0.280. The van der Waals surface area contributed by atoms with Gasteiger partial charge in [-0.05, 0) is 31.1 Å². The molecule has 0 aromatic carbocycles. The topological polar surface area (TPSA) is 46.3 Å². The molecule has 1 fully saturated rings. The minimum atomic E-state index is 0. The molecular weight excluding hydrogens is 224 g/mol. The lowest BCUT2D eigenvalue weighted by atomic mass is 10.0. The van der Waals surface area contributed by atoms with Crippen LogP contribution in [0.4, 0.5) is 0 Å². The average Bonchev–Trinajstić information content (AvgIpc) is 2.96. The van der Waals surface area contributed by atoms with E-state index >= 15 is 0 Å². The van der Waals surface area contributed by atoms with Crippen LogP contribution in [-0.2, 0) is 4.79 Å². The third-order valence-corrected chi connectivity index (χ3v) is 3.24. The molecule has 1 rings (SSSR count). The monoisotopic (exact) mass is 248 g/mol. The molecule has 2 N–H and O–H groups in total. The van der Waals surface area contributed by atoms with Gasteiger partial charge in [-0.1, -0.05) is 13.8 Å². The number of carbonyl (C=O) groups is 1. The largest absolute Gasteiger partial charge is 0.346 e. The Morgan fingerprint density at radius 1 is 1.44 bits per heavy atom. The molecule has 0 heterocycles. The van der Waals surface area contributed by atoms with Gasteiger partial charge in [-0.3, -0.25) is 4.79 Å². The van der Waals surface area contributed by atoms with Crippen molar-refractivity contribution < 1.29 is 4.79 Å². The fourth-order valence-electron chi connectivity index (χ4n) is 1.53. The highest BCUT2D eigenvalue weighted by Gasteiger charge is 2.25. The zero-order valence-corrected chi connectivity index (χ0v) is 11.4. The number of amides is 1. The minimum absolute atomic E-state index is 0. The van der Waals surface area contributed by atoms with Crippen LogP contribution in [0.5, 0.6) is 0 Å². The molecule has 0 radical (unpaired) electrons. The van der Waals surface area contributed by atoms with Crippen LogP contribution in [-0.4, -0.2) is 30.4 Å². The molecular formula is C12H25ClN2O. The quantitative estimate of drug-likeness (QED) is 0.782. The summed E-state index contributed by atoms with van der Waals surface area (Å²) >= 11 is 0. The Kier molecular flexibility index (Phi) is 7.00. The van der Waals surface area contributed by atoms with Crippen LogP contribution >= 0.6 is 12.4 Å². The molecule has 0 aromatic heterocycles. The predicted molar refractivity (Wildman–Crippen MR) is 69.7 cm³/mol. The molecule has 96 valence electrons. The normalized spacial score (nSPS) is 16.8. The fourth-order valence-corrected chi connectivity index (χ4v) is 1.53. The maximum Gasteiger partial charge on any atom is 0.222 e. The lowest BCUT2D eigenvalue weighted by Gasteiger charge is -2.21. The molecule has 0 saturated heterocycles. The highest BCUT2D eigenvalue weighted by Crippen LogP contribution is 2.32. The van der Waals surface area contributed by atoms with E-state index in [9.17, 15) is 4.79 Å². The van der Waals surface area contributed by atoms with Gasteiger partial charge in [0.2, 0.25) is 5.91 Å². The summed E-state index contributed by atoms with van der Waals surface area (Å²) in [4.78, 5) is 13.5. The van der Waals surface area contributed by atoms with Crippen LogP contribution in [0.25, 0.3) is 0 Å². The van der Waals surface area contributed by atoms with E-state index in [-0.39, 0.29) is 24.4 Å². The van der Waals surface area contributed by atoms with Crippen LogP contribution < -0.4 is 5.73 Å². The molecule has 1 unspecified atom stereocenters. The molecule has 1 amide bonds. The van der Waals surface area contributed by atoms with Gasteiger partial charge >= 0.3 is 0 Å². The second kappa shape index (κ2) is 7.13. The van der Waals surface area contributed by atoms with Crippen molar-refractivity contribution in [3.05, 3.63) is 0 Å². The van der Waals surface area contributed by atoms with Gasteiger partial charge in [0, 0.05) is 26.1 Å². The molecule has 1 saturated carbocycles. The van der Waals surface area contributed by atoms with Crippen LogP contribution in [0.15, 0.2) is 0 Å². The highest BCUT2D eigenvalue weighted by molar-refractivity contribution is 5.85. The molecule has 0 bridgehead atoms. The first-order chi connectivity index (χ1) is 7.00. The summed E-state index contributed by atoms with van der Waals surface area (Å²) in [5.41, 5.74) is 5.94. The summed E-state index contributed by atoms with van der Waals surface area (Å²) in [7, 11) is 1.89. The van der Waals surface area contributed by atoms with Crippen LogP contribution in [0.2, 0.25) is 0 Å². The average molecular weight is 249 g/mol. The SMILES string of the molecule is CC(C)C(N)CCN(C)C(=O)CC1CC1.Cl. The highest BCUT2D eigenvalue weighted by atomic mass is 35.5. The minimum Gasteiger partial charge on any atom is -0.346 e. The Morgan fingerprint density at radius 2 is 2.00 bits per heavy atom. The third-order valence-electron chi connectivity index (χ3n) is 3.24. The van der Waals surface area contributed by atoms with Crippen molar-refractivity contribution in [3.63, 3.8) is 0 Å². The maximum absolute atomic E-state index is 11.7. The molecule has 0 spiro atoms. The number of hydrogen-bond acceptors (Lipinski definition) is 2. The van der Waals surface area contributed by atoms with Gasteiger partial charge in [-0.15, -0.1) is 12.4 Å². The van der Waals surface area contributed by atoms with Gasteiger partial charge in [0.15, 0.2) is 0 Å². The van der Waals surface area contributed by atoms with Gasteiger partial charge in [0.25, 0.3) is 0 Å². The summed E-state index contributed by atoms with van der Waals surface area (Å²) in [6.45, 7) is 5.04. The van der Waals surface area contributed by atoms with E-state index in [1.165, 1.54) is 12.8 Å².